The third kappa shape index (κ3) is 5.49. The van der Waals surface area contributed by atoms with Crippen LogP contribution in [0.4, 0.5) is 5.69 Å². The summed E-state index contributed by atoms with van der Waals surface area (Å²) in [5, 5.41) is 0. The second-order valence-corrected chi connectivity index (χ2v) is 10.3. The van der Waals surface area contributed by atoms with Gasteiger partial charge in [-0.05, 0) is 55.6 Å². The lowest BCUT2D eigenvalue weighted by Crippen LogP contribution is -2.53. The van der Waals surface area contributed by atoms with Crippen molar-refractivity contribution in [2.45, 2.75) is 84.3 Å². The molecule has 2 amide bonds. The van der Waals surface area contributed by atoms with Crippen molar-refractivity contribution in [3.63, 3.8) is 0 Å². The van der Waals surface area contributed by atoms with Crippen LogP contribution < -0.4 is 4.90 Å². The number of para-hydroxylation sites is 1. The summed E-state index contributed by atoms with van der Waals surface area (Å²) in [6, 6.07) is 9.12. The lowest BCUT2D eigenvalue weighted by atomic mass is 9.92. The Balaban J connectivity index is 1.70. The second-order valence-electron chi connectivity index (χ2n) is 10.3. The minimum atomic E-state index is 0.0906. The molecule has 3 aliphatic rings. The Hall–Kier alpha value is -1.88. The molecule has 0 aromatic heterocycles. The summed E-state index contributed by atoms with van der Waals surface area (Å²) in [6.45, 7) is 9.22. The van der Waals surface area contributed by atoms with Crippen LogP contribution in [0.5, 0.6) is 0 Å². The van der Waals surface area contributed by atoms with Gasteiger partial charge in [0.25, 0.3) is 0 Å². The van der Waals surface area contributed by atoms with Crippen molar-refractivity contribution in [3.05, 3.63) is 29.8 Å². The van der Waals surface area contributed by atoms with E-state index in [-0.39, 0.29) is 11.8 Å². The van der Waals surface area contributed by atoms with Gasteiger partial charge in [-0.3, -0.25) is 14.5 Å². The highest BCUT2D eigenvalue weighted by atomic mass is 16.2. The first-order valence-electron chi connectivity index (χ1n) is 12.3. The van der Waals surface area contributed by atoms with Crippen molar-refractivity contribution in [2.75, 3.05) is 24.5 Å². The van der Waals surface area contributed by atoms with Crippen molar-refractivity contribution in [2.24, 2.45) is 11.8 Å². The Labute approximate surface area is 187 Å². The third-order valence-electron chi connectivity index (χ3n) is 7.26. The topological polar surface area (TPSA) is 43.9 Å². The maximum Gasteiger partial charge on any atom is 0.223 e. The van der Waals surface area contributed by atoms with Crippen molar-refractivity contribution in [1.29, 1.82) is 0 Å². The van der Waals surface area contributed by atoms with E-state index in [1.165, 1.54) is 32.1 Å². The SMILES string of the molecule is CC(=O)N1CCC2CCCC(CN(C(=O)CC(C)C)Cc3ccccc31)N2CC1CC1. The predicted octanol–water partition coefficient (Wildman–Crippen LogP) is 4.45. The van der Waals surface area contributed by atoms with Gasteiger partial charge in [-0.1, -0.05) is 38.5 Å². The van der Waals surface area contributed by atoms with E-state index in [0.717, 1.165) is 43.2 Å². The Morgan fingerprint density at radius 1 is 1.03 bits per heavy atom. The number of carbonyl (C=O) groups is 2. The molecule has 2 fully saturated rings. The molecular formula is C26H39N3O2. The van der Waals surface area contributed by atoms with Gasteiger partial charge in [-0.2, -0.15) is 0 Å². The van der Waals surface area contributed by atoms with Crippen LogP contribution in [0.1, 0.15) is 71.3 Å². The number of hydrogen-bond acceptors (Lipinski definition) is 3. The summed E-state index contributed by atoms with van der Waals surface area (Å²) in [5.41, 5.74) is 2.06. The van der Waals surface area contributed by atoms with E-state index in [9.17, 15) is 9.59 Å². The zero-order valence-corrected chi connectivity index (χ0v) is 19.6. The van der Waals surface area contributed by atoms with E-state index in [2.05, 4.69) is 29.7 Å². The Morgan fingerprint density at radius 2 is 1.77 bits per heavy atom. The van der Waals surface area contributed by atoms with Gasteiger partial charge >= 0.3 is 0 Å². The van der Waals surface area contributed by atoms with Crippen LogP contribution in [-0.2, 0) is 16.1 Å². The van der Waals surface area contributed by atoms with E-state index in [4.69, 9.17) is 0 Å². The highest BCUT2D eigenvalue weighted by molar-refractivity contribution is 5.92. The number of benzene rings is 1. The predicted molar refractivity (Wildman–Crippen MR) is 125 cm³/mol. The summed E-state index contributed by atoms with van der Waals surface area (Å²) < 4.78 is 0. The van der Waals surface area contributed by atoms with Gasteiger partial charge in [0.2, 0.25) is 11.8 Å². The zero-order chi connectivity index (χ0) is 22.0. The van der Waals surface area contributed by atoms with E-state index >= 15 is 0 Å². The smallest absolute Gasteiger partial charge is 0.223 e. The quantitative estimate of drug-likeness (QED) is 0.716. The standard InChI is InChI=1S/C26H39N3O2/c1-19(2)15-26(31)27-17-22-7-4-5-10-25(22)28(20(3)30)14-13-23-8-6-9-24(18-27)29(23)16-21-11-12-21/h4-5,7,10,19,21,23-24H,6,8-9,11-18H2,1-3H3. The number of piperidine rings is 1. The zero-order valence-electron chi connectivity index (χ0n) is 19.6. The average Bonchev–Trinajstić information content (AvgIpc) is 3.53. The molecule has 31 heavy (non-hydrogen) atoms. The number of fused-ring (bicyclic) bond motifs is 3. The first-order valence-corrected chi connectivity index (χ1v) is 12.3. The molecule has 170 valence electrons. The average molecular weight is 426 g/mol. The lowest BCUT2D eigenvalue weighted by molar-refractivity contribution is -0.134. The molecule has 0 spiro atoms. The van der Waals surface area contributed by atoms with Crippen LogP contribution in [0.15, 0.2) is 24.3 Å². The molecule has 4 rings (SSSR count). The molecule has 0 N–H and O–H groups in total. The normalized spacial score (nSPS) is 25.2. The minimum absolute atomic E-state index is 0.0906. The summed E-state index contributed by atoms with van der Waals surface area (Å²) in [7, 11) is 0. The molecule has 2 unspecified atom stereocenters. The van der Waals surface area contributed by atoms with E-state index in [1.807, 2.05) is 23.1 Å². The molecule has 1 aromatic rings. The number of hydrogen-bond donors (Lipinski definition) is 0. The maximum atomic E-state index is 13.3. The molecular weight excluding hydrogens is 386 g/mol. The Kier molecular flexibility index (Phi) is 7.00. The maximum absolute atomic E-state index is 13.3. The molecule has 1 aromatic carbocycles. The number of amides is 2. The number of anilines is 1. The van der Waals surface area contributed by atoms with Crippen LogP contribution in [0, 0.1) is 11.8 Å². The highest BCUT2D eigenvalue weighted by Crippen LogP contribution is 2.36. The molecule has 2 bridgehead atoms. The number of nitrogens with zero attached hydrogens (tertiary/aromatic N) is 3. The van der Waals surface area contributed by atoms with Crippen molar-refractivity contribution in [1.82, 2.24) is 9.80 Å². The molecule has 2 atom stereocenters. The fourth-order valence-electron chi connectivity index (χ4n) is 5.45. The first kappa shape index (κ1) is 22.3. The number of rotatable bonds is 4. The van der Waals surface area contributed by atoms with Gasteiger partial charge in [0, 0.05) is 57.3 Å². The van der Waals surface area contributed by atoms with Gasteiger partial charge in [-0.25, -0.2) is 0 Å². The van der Waals surface area contributed by atoms with E-state index < -0.39 is 0 Å². The largest absolute Gasteiger partial charge is 0.337 e. The third-order valence-corrected chi connectivity index (χ3v) is 7.26. The van der Waals surface area contributed by atoms with E-state index in [0.29, 0.717) is 31.0 Å². The van der Waals surface area contributed by atoms with Crippen LogP contribution in [0.25, 0.3) is 0 Å². The van der Waals surface area contributed by atoms with E-state index in [1.54, 1.807) is 6.92 Å². The molecule has 2 aliphatic heterocycles. The van der Waals surface area contributed by atoms with Gasteiger partial charge in [0.1, 0.15) is 0 Å². The summed E-state index contributed by atoms with van der Waals surface area (Å²) in [5.74, 6) is 1.50. The van der Waals surface area contributed by atoms with Crippen molar-refractivity contribution < 1.29 is 9.59 Å². The minimum Gasteiger partial charge on any atom is -0.337 e. The molecule has 5 nitrogen and oxygen atoms in total. The fraction of sp³-hybridized carbons (Fsp3) is 0.692. The van der Waals surface area contributed by atoms with Crippen molar-refractivity contribution in [3.8, 4) is 0 Å². The van der Waals surface area contributed by atoms with Gasteiger partial charge in [0.05, 0.1) is 0 Å². The second kappa shape index (κ2) is 9.72. The fourth-order valence-corrected chi connectivity index (χ4v) is 5.45. The van der Waals surface area contributed by atoms with Gasteiger partial charge in [-0.15, -0.1) is 0 Å². The highest BCUT2D eigenvalue weighted by Gasteiger charge is 2.37. The molecule has 2 heterocycles. The Bertz CT molecular complexity index is 789. The van der Waals surface area contributed by atoms with Crippen LogP contribution in [0.2, 0.25) is 0 Å². The first-order chi connectivity index (χ1) is 14.9. The number of carbonyl (C=O) groups excluding carboxylic acids is 2. The van der Waals surface area contributed by atoms with Gasteiger partial charge in [0.15, 0.2) is 0 Å². The summed E-state index contributed by atoms with van der Waals surface area (Å²) in [4.78, 5) is 32.7. The molecule has 0 radical (unpaired) electrons. The lowest BCUT2D eigenvalue weighted by Gasteiger charge is -2.44. The molecule has 5 heteroatoms. The Morgan fingerprint density at radius 3 is 2.48 bits per heavy atom. The van der Waals surface area contributed by atoms with Gasteiger partial charge < -0.3 is 9.80 Å². The molecule has 1 saturated heterocycles. The van der Waals surface area contributed by atoms with Crippen LogP contribution in [0.3, 0.4) is 0 Å². The van der Waals surface area contributed by atoms with Crippen LogP contribution in [-0.4, -0.2) is 53.3 Å². The monoisotopic (exact) mass is 425 g/mol. The molecule has 1 aliphatic carbocycles. The summed E-state index contributed by atoms with van der Waals surface area (Å²) in [6.07, 6.45) is 7.88. The molecule has 1 saturated carbocycles. The van der Waals surface area contributed by atoms with Crippen molar-refractivity contribution >= 4 is 17.5 Å². The summed E-state index contributed by atoms with van der Waals surface area (Å²) >= 11 is 0. The van der Waals surface area contributed by atoms with Crippen LogP contribution >= 0.6 is 0 Å².